The zero-order chi connectivity index (χ0) is 13.7. The molecule has 0 spiro atoms. The zero-order valence-corrected chi connectivity index (χ0v) is 12.9. The average molecular weight is 328 g/mol. The summed E-state index contributed by atoms with van der Waals surface area (Å²) in [5, 5.41) is 13.3. The van der Waals surface area contributed by atoms with Crippen LogP contribution in [0, 0.1) is 0 Å². The Morgan fingerprint density at radius 2 is 2.11 bits per heavy atom. The minimum absolute atomic E-state index is 0.0347. The van der Waals surface area contributed by atoms with E-state index in [4.69, 9.17) is 4.74 Å². The molecule has 1 fully saturated rings. The van der Waals surface area contributed by atoms with E-state index in [1.165, 1.54) is 32.1 Å². The van der Waals surface area contributed by atoms with Gasteiger partial charge in [0, 0.05) is 10.5 Å². The fraction of sp³-hybridized carbons (Fsp3) is 0.600. The van der Waals surface area contributed by atoms with Crippen molar-refractivity contribution in [2.24, 2.45) is 0 Å². The molecule has 1 aromatic rings. The summed E-state index contributed by atoms with van der Waals surface area (Å²) in [7, 11) is 1.66. The van der Waals surface area contributed by atoms with E-state index in [0.29, 0.717) is 6.04 Å². The lowest BCUT2D eigenvalue weighted by Crippen LogP contribution is -2.36. The predicted molar refractivity (Wildman–Crippen MR) is 80.5 cm³/mol. The second kappa shape index (κ2) is 7.27. The summed E-state index contributed by atoms with van der Waals surface area (Å²) in [6.07, 6.45) is 6.32. The molecule has 3 nitrogen and oxygen atoms in total. The van der Waals surface area contributed by atoms with Crippen LogP contribution < -0.4 is 10.1 Å². The molecular formula is C15H22BrNO2. The third kappa shape index (κ3) is 3.94. The van der Waals surface area contributed by atoms with Crippen molar-refractivity contribution in [2.45, 2.75) is 44.2 Å². The van der Waals surface area contributed by atoms with Crippen LogP contribution in [0.4, 0.5) is 0 Å². The molecule has 0 saturated heterocycles. The number of aliphatic hydroxyl groups excluding tert-OH is 1. The van der Waals surface area contributed by atoms with Crippen LogP contribution in [0.3, 0.4) is 0 Å². The van der Waals surface area contributed by atoms with Crippen LogP contribution in [-0.4, -0.2) is 24.9 Å². The quantitative estimate of drug-likeness (QED) is 0.870. The average Bonchev–Trinajstić information content (AvgIpc) is 2.47. The molecule has 0 bridgehead atoms. The Labute approximate surface area is 123 Å². The molecule has 1 atom stereocenters. The smallest absolute Gasteiger partial charge is 0.119 e. The van der Waals surface area contributed by atoms with E-state index in [1.807, 2.05) is 18.2 Å². The van der Waals surface area contributed by atoms with Crippen molar-refractivity contribution >= 4 is 15.9 Å². The molecule has 1 unspecified atom stereocenters. The van der Waals surface area contributed by atoms with Crippen molar-refractivity contribution in [1.82, 2.24) is 5.32 Å². The van der Waals surface area contributed by atoms with Crippen LogP contribution in [-0.2, 0) is 0 Å². The molecule has 0 amide bonds. The molecule has 1 saturated carbocycles. The lowest BCUT2D eigenvalue weighted by atomic mass is 9.94. The molecule has 1 aromatic carbocycles. The van der Waals surface area contributed by atoms with E-state index in [0.717, 1.165) is 15.8 Å². The standard InChI is InChI=1S/C15H22BrNO2/c1-19-12-7-8-14(16)13(9-12)15(10-18)17-11-5-3-2-4-6-11/h7-9,11,15,17-18H,2-6,10H2,1H3. The Morgan fingerprint density at radius 1 is 1.37 bits per heavy atom. The number of nitrogens with one attached hydrogen (secondary N) is 1. The maximum atomic E-state index is 9.67. The molecule has 19 heavy (non-hydrogen) atoms. The zero-order valence-electron chi connectivity index (χ0n) is 11.4. The monoisotopic (exact) mass is 327 g/mol. The van der Waals surface area contributed by atoms with Gasteiger partial charge in [-0.3, -0.25) is 0 Å². The van der Waals surface area contributed by atoms with E-state index in [1.54, 1.807) is 7.11 Å². The lowest BCUT2D eigenvalue weighted by Gasteiger charge is -2.28. The van der Waals surface area contributed by atoms with Crippen LogP contribution in [0.1, 0.15) is 43.7 Å². The van der Waals surface area contributed by atoms with Crippen LogP contribution in [0.15, 0.2) is 22.7 Å². The Bertz CT molecular complexity index is 405. The molecule has 106 valence electrons. The lowest BCUT2D eigenvalue weighted by molar-refractivity contribution is 0.219. The first-order chi connectivity index (χ1) is 9.24. The number of methoxy groups -OCH3 is 1. The van der Waals surface area contributed by atoms with Crippen LogP contribution >= 0.6 is 15.9 Å². The van der Waals surface area contributed by atoms with Gasteiger partial charge in [0.05, 0.1) is 19.8 Å². The van der Waals surface area contributed by atoms with E-state index in [-0.39, 0.29) is 12.6 Å². The number of rotatable bonds is 5. The van der Waals surface area contributed by atoms with Gasteiger partial charge >= 0.3 is 0 Å². The van der Waals surface area contributed by atoms with Crippen molar-refractivity contribution < 1.29 is 9.84 Å². The van der Waals surface area contributed by atoms with Gasteiger partial charge in [0.1, 0.15) is 5.75 Å². The highest BCUT2D eigenvalue weighted by molar-refractivity contribution is 9.10. The topological polar surface area (TPSA) is 41.5 Å². The van der Waals surface area contributed by atoms with Gasteiger partial charge in [-0.05, 0) is 36.6 Å². The van der Waals surface area contributed by atoms with Crippen molar-refractivity contribution in [3.05, 3.63) is 28.2 Å². The summed E-state index contributed by atoms with van der Waals surface area (Å²) in [5.41, 5.74) is 1.06. The molecule has 2 rings (SSSR count). The van der Waals surface area contributed by atoms with Gasteiger partial charge in [-0.15, -0.1) is 0 Å². The Hall–Kier alpha value is -0.580. The first-order valence-corrected chi connectivity index (χ1v) is 7.74. The molecule has 0 aliphatic heterocycles. The van der Waals surface area contributed by atoms with Gasteiger partial charge in [-0.2, -0.15) is 0 Å². The summed E-state index contributed by atoms with van der Waals surface area (Å²) in [5.74, 6) is 0.821. The molecular weight excluding hydrogens is 306 g/mol. The van der Waals surface area contributed by atoms with Crippen molar-refractivity contribution in [2.75, 3.05) is 13.7 Å². The van der Waals surface area contributed by atoms with E-state index < -0.39 is 0 Å². The van der Waals surface area contributed by atoms with Gasteiger partial charge in [0.2, 0.25) is 0 Å². The number of benzene rings is 1. The van der Waals surface area contributed by atoms with Crippen molar-refractivity contribution in [3.8, 4) is 5.75 Å². The summed E-state index contributed by atoms with van der Waals surface area (Å²) in [4.78, 5) is 0. The van der Waals surface area contributed by atoms with E-state index >= 15 is 0 Å². The summed E-state index contributed by atoms with van der Waals surface area (Å²) in [6, 6.07) is 6.36. The van der Waals surface area contributed by atoms with Gasteiger partial charge < -0.3 is 15.2 Å². The molecule has 4 heteroatoms. The first kappa shape index (κ1) is 14.8. The van der Waals surface area contributed by atoms with Gasteiger partial charge in [-0.1, -0.05) is 35.2 Å². The number of hydrogen-bond acceptors (Lipinski definition) is 3. The molecule has 0 heterocycles. The van der Waals surface area contributed by atoms with Crippen molar-refractivity contribution in [3.63, 3.8) is 0 Å². The van der Waals surface area contributed by atoms with Crippen LogP contribution in [0.25, 0.3) is 0 Å². The summed E-state index contributed by atoms with van der Waals surface area (Å²) < 4.78 is 6.27. The van der Waals surface area contributed by atoms with Crippen molar-refractivity contribution in [1.29, 1.82) is 0 Å². The maximum absolute atomic E-state index is 9.67. The minimum Gasteiger partial charge on any atom is -0.497 e. The van der Waals surface area contributed by atoms with Gasteiger partial charge in [-0.25, -0.2) is 0 Å². The second-order valence-corrected chi connectivity index (χ2v) is 5.98. The number of halogens is 1. The number of aliphatic hydroxyl groups is 1. The number of ether oxygens (including phenoxy) is 1. The fourth-order valence-corrected chi connectivity index (χ4v) is 3.23. The van der Waals surface area contributed by atoms with E-state index in [9.17, 15) is 5.11 Å². The predicted octanol–water partition coefficient (Wildman–Crippen LogP) is 3.41. The van der Waals surface area contributed by atoms with Gasteiger partial charge in [0.25, 0.3) is 0 Å². The molecule has 0 radical (unpaired) electrons. The highest BCUT2D eigenvalue weighted by Gasteiger charge is 2.20. The third-order valence-electron chi connectivity index (χ3n) is 3.80. The third-order valence-corrected chi connectivity index (χ3v) is 4.53. The van der Waals surface area contributed by atoms with Gasteiger partial charge in [0.15, 0.2) is 0 Å². The first-order valence-electron chi connectivity index (χ1n) is 6.95. The summed E-state index contributed by atoms with van der Waals surface area (Å²) >= 11 is 3.56. The molecule has 1 aliphatic rings. The SMILES string of the molecule is COc1ccc(Br)c(C(CO)NC2CCCCC2)c1. The normalized spacial score (nSPS) is 18.3. The molecule has 2 N–H and O–H groups in total. The van der Waals surface area contributed by atoms with Crippen LogP contribution in [0.2, 0.25) is 0 Å². The Kier molecular flexibility index (Phi) is 5.67. The maximum Gasteiger partial charge on any atom is 0.119 e. The van der Waals surface area contributed by atoms with Crippen LogP contribution in [0.5, 0.6) is 5.75 Å². The Balaban J connectivity index is 2.11. The minimum atomic E-state index is -0.0347. The fourth-order valence-electron chi connectivity index (χ4n) is 2.71. The number of hydrogen-bond donors (Lipinski definition) is 2. The largest absolute Gasteiger partial charge is 0.497 e. The molecule has 0 aromatic heterocycles. The highest BCUT2D eigenvalue weighted by atomic mass is 79.9. The second-order valence-electron chi connectivity index (χ2n) is 5.12. The highest BCUT2D eigenvalue weighted by Crippen LogP contribution is 2.29. The van der Waals surface area contributed by atoms with E-state index in [2.05, 4.69) is 21.2 Å². The molecule has 1 aliphatic carbocycles. The summed E-state index contributed by atoms with van der Waals surface area (Å²) in [6.45, 7) is 0.0995. The Morgan fingerprint density at radius 3 is 2.74 bits per heavy atom.